The van der Waals surface area contributed by atoms with Gasteiger partial charge in [-0.25, -0.2) is 0 Å². The van der Waals surface area contributed by atoms with Crippen molar-refractivity contribution >= 4 is 0 Å². The molecule has 1 radical (unpaired) electrons. The summed E-state index contributed by atoms with van der Waals surface area (Å²) in [5.74, 6) is 0. The lowest BCUT2D eigenvalue weighted by molar-refractivity contribution is 0.00750. The Hall–Kier alpha value is -0.120. The highest BCUT2D eigenvalue weighted by Gasteiger charge is 2.24. The van der Waals surface area contributed by atoms with Crippen LogP contribution in [0.2, 0.25) is 0 Å². The minimum Gasteiger partial charge on any atom is -0.396 e. The van der Waals surface area contributed by atoms with Gasteiger partial charge in [0.1, 0.15) is 0 Å². The number of aliphatic hydroxyl groups is 3. The lowest BCUT2D eigenvalue weighted by atomic mass is 9.88. The molecule has 0 atom stereocenters. The average Bonchev–Trinajstić information content (AvgIpc) is 1.95. The molecule has 0 amide bonds. The molecule has 0 rings (SSSR count). The van der Waals surface area contributed by atoms with Gasteiger partial charge in [-0.3, -0.25) is 0 Å². The van der Waals surface area contributed by atoms with E-state index in [1.165, 1.54) is 0 Å². The molecule has 0 bridgehead atoms. The van der Waals surface area contributed by atoms with Crippen molar-refractivity contribution in [2.75, 3.05) is 19.8 Å². The first-order chi connectivity index (χ1) is 4.24. The third-order valence-electron chi connectivity index (χ3n) is 1.54. The van der Waals surface area contributed by atoms with Crippen LogP contribution in [0.3, 0.4) is 0 Å². The summed E-state index contributed by atoms with van der Waals surface area (Å²) in [5.41, 5.74) is -0.778. The van der Waals surface area contributed by atoms with E-state index in [0.717, 1.165) is 0 Å². The van der Waals surface area contributed by atoms with Gasteiger partial charge in [0.15, 0.2) is 0 Å². The van der Waals surface area contributed by atoms with Gasteiger partial charge in [-0.05, 0) is 6.42 Å². The van der Waals surface area contributed by atoms with Gasteiger partial charge in [0.2, 0.25) is 0 Å². The van der Waals surface area contributed by atoms with Gasteiger partial charge in [0.05, 0.1) is 19.8 Å². The van der Waals surface area contributed by atoms with Gasteiger partial charge in [0.25, 0.3) is 0 Å². The fourth-order valence-electron chi connectivity index (χ4n) is 0.387. The molecule has 0 aromatic rings. The second-order valence-corrected chi connectivity index (χ2v) is 2.22. The molecule has 9 heavy (non-hydrogen) atoms. The largest absolute Gasteiger partial charge is 0.396 e. The molecular weight excluding hydrogens is 120 g/mol. The zero-order valence-corrected chi connectivity index (χ0v) is 5.38. The van der Waals surface area contributed by atoms with Crippen LogP contribution < -0.4 is 0 Å². The van der Waals surface area contributed by atoms with Crippen molar-refractivity contribution in [1.29, 1.82) is 0 Å². The monoisotopic (exact) mass is 133 g/mol. The summed E-state index contributed by atoms with van der Waals surface area (Å²) in [6, 6.07) is 0. The van der Waals surface area contributed by atoms with Crippen LogP contribution in [0.25, 0.3) is 0 Å². The van der Waals surface area contributed by atoms with Gasteiger partial charge in [-0.2, -0.15) is 0 Å². The predicted octanol–water partition coefficient (Wildman–Crippen LogP) is -0.826. The summed E-state index contributed by atoms with van der Waals surface area (Å²) in [7, 11) is 0. The first-order valence-corrected chi connectivity index (χ1v) is 2.86. The molecule has 3 N–H and O–H groups in total. The van der Waals surface area contributed by atoms with Crippen molar-refractivity contribution in [3.63, 3.8) is 0 Å². The molecule has 0 spiro atoms. The molecule has 0 aliphatic heterocycles. The van der Waals surface area contributed by atoms with Crippen LogP contribution in [-0.4, -0.2) is 35.1 Å². The average molecular weight is 133 g/mol. The van der Waals surface area contributed by atoms with E-state index in [9.17, 15) is 0 Å². The van der Waals surface area contributed by atoms with E-state index in [1.807, 2.05) is 0 Å². The Bertz CT molecular complexity index is 51.2. The molecule has 0 aliphatic rings. The molecule has 0 aromatic heterocycles. The molecule has 0 unspecified atom stereocenters. The van der Waals surface area contributed by atoms with Gasteiger partial charge in [0, 0.05) is 5.41 Å². The minimum absolute atomic E-state index is 0.219. The van der Waals surface area contributed by atoms with E-state index in [2.05, 4.69) is 6.92 Å². The van der Waals surface area contributed by atoms with Crippen molar-refractivity contribution in [1.82, 2.24) is 0 Å². The Balaban J connectivity index is 3.82. The Morgan fingerprint density at radius 3 is 1.33 bits per heavy atom. The standard InChI is InChI=1S/C6H13O3/c1-2-6(3-7,4-8)5-9/h7-9H,1-5H2. The topological polar surface area (TPSA) is 60.7 Å². The van der Waals surface area contributed by atoms with Gasteiger partial charge in [-0.15, -0.1) is 0 Å². The summed E-state index contributed by atoms with van der Waals surface area (Å²) in [6.07, 6.45) is 0.344. The van der Waals surface area contributed by atoms with Gasteiger partial charge in [-0.1, -0.05) is 6.92 Å². The summed E-state index contributed by atoms with van der Waals surface area (Å²) >= 11 is 0. The van der Waals surface area contributed by atoms with Crippen LogP contribution in [0.4, 0.5) is 0 Å². The first kappa shape index (κ1) is 8.88. The highest BCUT2D eigenvalue weighted by molar-refractivity contribution is 4.77. The van der Waals surface area contributed by atoms with Crippen molar-refractivity contribution in [2.24, 2.45) is 5.41 Å². The van der Waals surface area contributed by atoms with Gasteiger partial charge < -0.3 is 15.3 Å². The molecule has 0 saturated carbocycles. The molecule has 3 heteroatoms. The zero-order valence-electron chi connectivity index (χ0n) is 5.38. The maximum atomic E-state index is 8.62. The Labute approximate surface area is 54.9 Å². The quantitative estimate of drug-likeness (QED) is 0.469. The van der Waals surface area contributed by atoms with Crippen LogP contribution in [-0.2, 0) is 0 Å². The van der Waals surface area contributed by atoms with E-state index in [1.54, 1.807) is 0 Å². The number of hydrogen-bond donors (Lipinski definition) is 3. The second-order valence-electron chi connectivity index (χ2n) is 2.22. The Kier molecular flexibility index (Phi) is 3.77. The molecule has 0 aromatic carbocycles. The Morgan fingerprint density at radius 1 is 1.00 bits per heavy atom. The van der Waals surface area contributed by atoms with E-state index in [4.69, 9.17) is 15.3 Å². The molecule has 0 aliphatic carbocycles. The Morgan fingerprint density at radius 2 is 1.33 bits per heavy atom. The van der Waals surface area contributed by atoms with Crippen LogP contribution in [0, 0.1) is 12.3 Å². The minimum atomic E-state index is -0.778. The SMILES string of the molecule is [CH2]CC(CO)(CO)CO. The maximum Gasteiger partial charge on any atom is 0.0531 e. The zero-order chi connectivity index (χ0) is 7.33. The van der Waals surface area contributed by atoms with Crippen molar-refractivity contribution < 1.29 is 15.3 Å². The first-order valence-electron chi connectivity index (χ1n) is 2.86. The molecule has 55 valence electrons. The van der Waals surface area contributed by atoms with Crippen LogP contribution in [0.5, 0.6) is 0 Å². The number of rotatable bonds is 4. The maximum absolute atomic E-state index is 8.62. The number of hydrogen-bond acceptors (Lipinski definition) is 3. The normalized spacial score (nSPS) is 12.0. The van der Waals surface area contributed by atoms with E-state index < -0.39 is 5.41 Å². The van der Waals surface area contributed by atoms with E-state index in [-0.39, 0.29) is 19.8 Å². The summed E-state index contributed by atoms with van der Waals surface area (Å²) in [5, 5.41) is 25.8. The molecule has 3 nitrogen and oxygen atoms in total. The molecule has 0 fully saturated rings. The smallest absolute Gasteiger partial charge is 0.0531 e. The third kappa shape index (κ3) is 1.93. The highest BCUT2D eigenvalue weighted by Crippen LogP contribution is 2.17. The second kappa shape index (κ2) is 3.82. The predicted molar refractivity (Wildman–Crippen MR) is 33.7 cm³/mol. The third-order valence-corrected chi connectivity index (χ3v) is 1.54. The van der Waals surface area contributed by atoms with Crippen LogP contribution >= 0.6 is 0 Å². The molecule has 0 saturated heterocycles. The molecule has 0 heterocycles. The molecular formula is C6H13O3. The summed E-state index contributed by atoms with van der Waals surface area (Å²) in [6.45, 7) is 2.83. The fraction of sp³-hybridized carbons (Fsp3) is 0.833. The van der Waals surface area contributed by atoms with Gasteiger partial charge >= 0.3 is 0 Å². The van der Waals surface area contributed by atoms with E-state index in [0.29, 0.717) is 6.42 Å². The van der Waals surface area contributed by atoms with Crippen LogP contribution in [0.15, 0.2) is 0 Å². The van der Waals surface area contributed by atoms with Crippen molar-refractivity contribution in [3.05, 3.63) is 6.92 Å². The van der Waals surface area contributed by atoms with Crippen molar-refractivity contribution in [3.8, 4) is 0 Å². The highest BCUT2D eigenvalue weighted by atomic mass is 16.3. The van der Waals surface area contributed by atoms with Crippen molar-refractivity contribution in [2.45, 2.75) is 6.42 Å². The summed E-state index contributed by atoms with van der Waals surface area (Å²) in [4.78, 5) is 0. The summed E-state index contributed by atoms with van der Waals surface area (Å²) < 4.78 is 0. The number of aliphatic hydroxyl groups excluding tert-OH is 3. The lowest BCUT2D eigenvalue weighted by Gasteiger charge is -2.24. The van der Waals surface area contributed by atoms with Crippen LogP contribution in [0.1, 0.15) is 6.42 Å². The lowest BCUT2D eigenvalue weighted by Crippen LogP contribution is -2.32. The van der Waals surface area contributed by atoms with E-state index >= 15 is 0 Å². The fourth-order valence-corrected chi connectivity index (χ4v) is 0.387.